The smallest absolute Gasteiger partial charge is 0.280 e. The summed E-state index contributed by atoms with van der Waals surface area (Å²) in [6.45, 7) is 0. The molecule has 0 bridgehead atoms. The third-order valence-electron chi connectivity index (χ3n) is 4.98. The van der Waals surface area contributed by atoms with Crippen molar-refractivity contribution in [2.45, 2.75) is 0 Å². The molecule has 1 amide bonds. The van der Waals surface area contributed by atoms with Crippen LogP contribution in [0.2, 0.25) is 0 Å². The average molecular weight is 431 g/mol. The number of aromatic nitrogens is 2. The van der Waals surface area contributed by atoms with E-state index in [1.165, 1.54) is 14.2 Å². The molecule has 0 fully saturated rings. The predicted octanol–water partition coefficient (Wildman–Crippen LogP) is 3.47. The highest BCUT2D eigenvalue weighted by molar-refractivity contribution is 6.00. The summed E-state index contributed by atoms with van der Waals surface area (Å²) < 4.78 is 17.0. The third kappa shape index (κ3) is 3.85. The normalized spacial score (nSPS) is 10.6. The van der Waals surface area contributed by atoms with Crippen LogP contribution in [0.4, 0.5) is 0 Å². The van der Waals surface area contributed by atoms with Gasteiger partial charge in [0.15, 0.2) is 17.3 Å². The molecule has 0 aliphatic rings. The first-order valence-corrected chi connectivity index (χ1v) is 9.75. The van der Waals surface area contributed by atoms with Crippen molar-refractivity contribution in [2.24, 2.45) is 0 Å². The van der Waals surface area contributed by atoms with E-state index in [4.69, 9.17) is 14.2 Å². The van der Waals surface area contributed by atoms with Crippen molar-refractivity contribution >= 4 is 16.8 Å². The summed E-state index contributed by atoms with van der Waals surface area (Å²) in [6.07, 6.45) is 0. The molecule has 0 atom stereocenters. The number of carbonyl (C=O) groups is 1. The second-order valence-electron chi connectivity index (χ2n) is 6.83. The van der Waals surface area contributed by atoms with E-state index in [2.05, 4.69) is 10.4 Å². The Balaban J connectivity index is 1.86. The van der Waals surface area contributed by atoms with Crippen LogP contribution in [0.3, 0.4) is 0 Å². The standard InChI is InChI=1S/C24H21N3O5/c1-30-17-11-8-15(9-12-17)23(28)26-27-22(16-10-13-20(31-2)21(14-16)32-3)25-19-7-5-4-6-18(19)24(27)29/h4-14H,1-3H3,(H,26,28). The molecule has 0 radical (unpaired) electrons. The monoisotopic (exact) mass is 431 g/mol. The Hall–Kier alpha value is -4.33. The van der Waals surface area contributed by atoms with Crippen LogP contribution in [-0.2, 0) is 0 Å². The fraction of sp³-hybridized carbons (Fsp3) is 0.125. The van der Waals surface area contributed by atoms with E-state index in [-0.39, 0.29) is 5.82 Å². The van der Waals surface area contributed by atoms with Crippen LogP contribution in [0.5, 0.6) is 17.2 Å². The van der Waals surface area contributed by atoms with Gasteiger partial charge in [-0.1, -0.05) is 12.1 Å². The van der Waals surface area contributed by atoms with Gasteiger partial charge in [-0.15, -0.1) is 0 Å². The number of hydrogen-bond donors (Lipinski definition) is 1. The number of rotatable bonds is 6. The van der Waals surface area contributed by atoms with Gasteiger partial charge in [-0.05, 0) is 54.6 Å². The molecule has 1 heterocycles. The Labute approximate surface area is 184 Å². The zero-order valence-corrected chi connectivity index (χ0v) is 17.8. The van der Waals surface area contributed by atoms with Crippen LogP contribution in [0, 0.1) is 0 Å². The van der Waals surface area contributed by atoms with Crippen molar-refractivity contribution < 1.29 is 19.0 Å². The molecule has 4 rings (SSSR count). The van der Waals surface area contributed by atoms with Crippen molar-refractivity contribution in [1.82, 2.24) is 9.66 Å². The minimum absolute atomic E-state index is 0.261. The molecule has 0 aliphatic heterocycles. The summed E-state index contributed by atoms with van der Waals surface area (Å²) in [6, 6.07) is 18.7. The first-order chi connectivity index (χ1) is 15.5. The second-order valence-corrected chi connectivity index (χ2v) is 6.83. The molecule has 8 heteroatoms. The topological polar surface area (TPSA) is 91.7 Å². The molecule has 0 aliphatic carbocycles. The van der Waals surface area contributed by atoms with E-state index < -0.39 is 11.5 Å². The lowest BCUT2D eigenvalue weighted by molar-refractivity contribution is 0.101. The Morgan fingerprint density at radius 3 is 2.28 bits per heavy atom. The molecule has 0 saturated carbocycles. The fourth-order valence-corrected chi connectivity index (χ4v) is 3.31. The van der Waals surface area contributed by atoms with E-state index in [0.29, 0.717) is 39.3 Å². The van der Waals surface area contributed by atoms with Crippen molar-refractivity contribution in [3.05, 3.63) is 82.6 Å². The van der Waals surface area contributed by atoms with Gasteiger partial charge < -0.3 is 14.2 Å². The summed E-state index contributed by atoms with van der Waals surface area (Å²) in [5.41, 5.74) is 3.72. The molecule has 0 spiro atoms. The Kier molecular flexibility index (Phi) is 5.76. The summed E-state index contributed by atoms with van der Waals surface area (Å²) in [5, 5.41) is 0.381. The molecular weight excluding hydrogens is 410 g/mol. The van der Waals surface area contributed by atoms with Crippen molar-refractivity contribution in [3.8, 4) is 28.6 Å². The Morgan fingerprint density at radius 2 is 1.59 bits per heavy atom. The zero-order valence-electron chi connectivity index (χ0n) is 17.8. The largest absolute Gasteiger partial charge is 0.497 e. The van der Waals surface area contributed by atoms with Crippen LogP contribution < -0.4 is 25.2 Å². The molecule has 162 valence electrons. The molecule has 32 heavy (non-hydrogen) atoms. The van der Waals surface area contributed by atoms with Gasteiger partial charge in [0.2, 0.25) is 0 Å². The lowest BCUT2D eigenvalue weighted by atomic mass is 10.1. The zero-order chi connectivity index (χ0) is 22.7. The summed E-state index contributed by atoms with van der Waals surface area (Å²) in [5.74, 6) is 1.43. The number of nitrogens with one attached hydrogen (secondary N) is 1. The van der Waals surface area contributed by atoms with Crippen molar-refractivity contribution in [1.29, 1.82) is 0 Å². The number of hydrogen-bond acceptors (Lipinski definition) is 6. The average Bonchev–Trinajstić information content (AvgIpc) is 2.85. The van der Waals surface area contributed by atoms with E-state index >= 15 is 0 Å². The van der Waals surface area contributed by atoms with Crippen LogP contribution in [0.25, 0.3) is 22.3 Å². The van der Waals surface area contributed by atoms with Crippen LogP contribution in [-0.4, -0.2) is 36.9 Å². The van der Waals surface area contributed by atoms with Crippen LogP contribution >= 0.6 is 0 Å². The molecule has 1 N–H and O–H groups in total. The number of carbonyl (C=O) groups excluding carboxylic acids is 1. The molecular formula is C24H21N3O5. The van der Waals surface area contributed by atoms with Gasteiger partial charge in [-0.3, -0.25) is 15.0 Å². The maximum Gasteiger partial charge on any atom is 0.280 e. The number of benzene rings is 3. The van der Waals surface area contributed by atoms with Gasteiger partial charge in [0.25, 0.3) is 11.5 Å². The first kappa shape index (κ1) is 20.9. The van der Waals surface area contributed by atoms with Crippen molar-refractivity contribution in [2.75, 3.05) is 26.8 Å². The molecule has 0 saturated heterocycles. The van der Waals surface area contributed by atoms with E-state index in [9.17, 15) is 9.59 Å². The first-order valence-electron chi connectivity index (χ1n) is 9.75. The maximum absolute atomic E-state index is 13.3. The number of amides is 1. The highest BCUT2D eigenvalue weighted by Crippen LogP contribution is 2.31. The lowest BCUT2D eigenvalue weighted by Gasteiger charge is -2.16. The van der Waals surface area contributed by atoms with E-state index in [1.54, 1.807) is 73.8 Å². The fourth-order valence-electron chi connectivity index (χ4n) is 3.31. The summed E-state index contributed by atoms with van der Waals surface area (Å²) >= 11 is 0. The Bertz CT molecular complexity index is 1350. The highest BCUT2D eigenvalue weighted by Gasteiger charge is 2.17. The third-order valence-corrected chi connectivity index (χ3v) is 4.98. The Morgan fingerprint density at radius 1 is 0.875 bits per heavy atom. The number of para-hydroxylation sites is 1. The quantitative estimate of drug-likeness (QED) is 0.503. The molecule has 8 nitrogen and oxygen atoms in total. The molecule has 3 aromatic carbocycles. The molecule has 1 aromatic heterocycles. The van der Waals surface area contributed by atoms with E-state index in [1.807, 2.05) is 0 Å². The highest BCUT2D eigenvalue weighted by atomic mass is 16.5. The number of nitrogens with zero attached hydrogens (tertiary/aromatic N) is 2. The lowest BCUT2D eigenvalue weighted by Crippen LogP contribution is -2.35. The SMILES string of the molecule is COc1ccc(C(=O)Nn2c(-c3ccc(OC)c(OC)c3)nc3ccccc3c2=O)cc1. The predicted molar refractivity (Wildman–Crippen MR) is 121 cm³/mol. The minimum atomic E-state index is -0.464. The maximum atomic E-state index is 13.3. The van der Waals surface area contributed by atoms with E-state index in [0.717, 1.165) is 4.68 Å². The molecule has 4 aromatic rings. The number of fused-ring (bicyclic) bond motifs is 1. The second kappa shape index (κ2) is 8.81. The van der Waals surface area contributed by atoms with Gasteiger partial charge >= 0.3 is 0 Å². The van der Waals surface area contributed by atoms with Gasteiger partial charge in [-0.25, -0.2) is 4.98 Å². The molecule has 0 unspecified atom stereocenters. The van der Waals surface area contributed by atoms with Crippen LogP contribution in [0.15, 0.2) is 71.5 Å². The summed E-state index contributed by atoms with van der Waals surface area (Å²) in [4.78, 5) is 30.9. The van der Waals surface area contributed by atoms with Crippen molar-refractivity contribution in [3.63, 3.8) is 0 Å². The van der Waals surface area contributed by atoms with Gasteiger partial charge in [0.1, 0.15) is 5.75 Å². The van der Waals surface area contributed by atoms with Gasteiger partial charge in [0.05, 0.1) is 32.2 Å². The number of ether oxygens (including phenoxy) is 3. The van der Waals surface area contributed by atoms with Crippen LogP contribution in [0.1, 0.15) is 10.4 Å². The summed E-state index contributed by atoms with van der Waals surface area (Å²) in [7, 11) is 4.61. The van der Waals surface area contributed by atoms with Gasteiger partial charge in [0, 0.05) is 11.1 Å². The van der Waals surface area contributed by atoms with Gasteiger partial charge in [-0.2, -0.15) is 4.68 Å². The number of methoxy groups -OCH3 is 3. The minimum Gasteiger partial charge on any atom is -0.497 e.